The van der Waals surface area contributed by atoms with E-state index < -0.39 is 5.92 Å². The second-order valence-electron chi connectivity index (χ2n) is 7.71. The fourth-order valence-electron chi connectivity index (χ4n) is 4.46. The van der Waals surface area contributed by atoms with Gasteiger partial charge in [-0.2, -0.15) is 0 Å². The van der Waals surface area contributed by atoms with E-state index in [1.807, 2.05) is 4.90 Å². The number of rotatable bonds is 2. The fourth-order valence-corrected chi connectivity index (χ4v) is 4.46. The van der Waals surface area contributed by atoms with Gasteiger partial charge < -0.3 is 0 Å². The molecule has 2 aliphatic heterocycles. The lowest BCUT2D eigenvalue weighted by atomic mass is 9.97. The van der Waals surface area contributed by atoms with Gasteiger partial charge in [-0.05, 0) is 40.5 Å². The molecule has 1 aliphatic carbocycles. The van der Waals surface area contributed by atoms with E-state index in [1.165, 1.54) is 12.8 Å². The van der Waals surface area contributed by atoms with Crippen molar-refractivity contribution >= 4 is 0 Å². The summed E-state index contributed by atoms with van der Waals surface area (Å²) in [4.78, 5) is 4.55. The number of hydrogen-bond acceptors (Lipinski definition) is 2. The van der Waals surface area contributed by atoms with Crippen LogP contribution in [0, 0.1) is 5.41 Å². The van der Waals surface area contributed by atoms with Crippen LogP contribution >= 0.6 is 0 Å². The Morgan fingerprint density at radius 1 is 1.17 bits per heavy atom. The highest BCUT2D eigenvalue weighted by Gasteiger charge is 2.66. The summed E-state index contributed by atoms with van der Waals surface area (Å²) in [7, 11) is 0. The molecule has 2 heterocycles. The molecule has 1 saturated carbocycles. The minimum absolute atomic E-state index is 0.0225. The van der Waals surface area contributed by atoms with Gasteiger partial charge in [0.2, 0.25) is 0 Å². The highest BCUT2D eigenvalue weighted by molar-refractivity contribution is 5.19. The van der Waals surface area contributed by atoms with Crippen LogP contribution < -0.4 is 0 Å². The SMILES string of the molecule is C[C@@H]1C[C@@]2(CN3CC(F)(F)C3)CC2N1C(C)(C)C. The molecule has 104 valence electrons. The number of fused-ring (bicyclic) bond motifs is 1. The molecule has 4 heteroatoms. The molecule has 3 fully saturated rings. The van der Waals surface area contributed by atoms with Gasteiger partial charge in [0, 0.05) is 29.6 Å². The highest BCUT2D eigenvalue weighted by atomic mass is 19.3. The van der Waals surface area contributed by atoms with Crippen LogP contribution in [0.3, 0.4) is 0 Å². The predicted molar refractivity (Wildman–Crippen MR) is 67.9 cm³/mol. The zero-order valence-corrected chi connectivity index (χ0v) is 11.8. The van der Waals surface area contributed by atoms with E-state index in [0.29, 0.717) is 17.5 Å². The Balaban J connectivity index is 1.63. The molecule has 0 bridgehead atoms. The fraction of sp³-hybridized carbons (Fsp3) is 1.00. The highest BCUT2D eigenvalue weighted by Crippen LogP contribution is 2.62. The normalized spacial score (nSPS) is 43.7. The molecule has 0 amide bonds. The van der Waals surface area contributed by atoms with Crippen molar-refractivity contribution in [1.29, 1.82) is 0 Å². The minimum atomic E-state index is -2.42. The van der Waals surface area contributed by atoms with Gasteiger partial charge >= 0.3 is 0 Å². The van der Waals surface area contributed by atoms with Crippen LogP contribution in [0.1, 0.15) is 40.5 Å². The van der Waals surface area contributed by atoms with E-state index in [1.54, 1.807) is 0 Å². The molecule has 0 aromatic rings. The maximum Gasteiger partial charge on any atom is 0.272 e. The lowest BCUT2D eigenvalue weighted by Gasteiger charge is -2.40. The molecule has 3 atom stereocenters. The first kappa shape index (κ1) is 12.8. The van der Waals surface area contributed by atoms with Crippen molar-refractivity contribution in [3.8, 4) is 0 Å². The Kier molecular flexibility index (Phi) is 2.46. The number of likely N-dealkylation sites (tertiary alicyclic amines) is 2. The summed E-state index contributed by atoms with van der Waals surface area (Å²) in [6.45, 7) is 9.89. The van der Waals surface area contributed by atoms with Gasteiger partial charge in [0.15, 0.2) is 0 Å². The average molecular weight is 258 g/mol. The van der Waals surface area contributed by atoms with Gasteiger partial charge in [-0.3, -0.25) is 9.80 Å². The van der Waals surface area contributed by atoms with Crippen molar-refractivity contribution < 1.29 is 8.78 Å². The summed E-state index contributed by atoms with van der Waals surface area (Å²) in [6, 6.07) is 1.22. The van der Waals surface area contributed by atoms with Crippen molar-refractivity contribution in [2.24, 2.45) is 5.41 Å². The number of piperidine rings is 1. The lowest BCUT2D eigenvalue weighted by Crippen LogP contribution is -2.57. The zero-order chi connectivity index (χ0) is 13.3. The second kappa shape index (κ2) is 3.45. The topological polar surface area (TPSA) is 6.48 Å². The molecular weight excluding hydrogens is 234 g/mol. The molecule has 3 rings (SSSR count). The maximum absolute atomic E-state index is 12.9. The Labute approximate surface area is 108 Å². The van der Waals surface area contributed by atoms with Crippen LogP contribution in [0.25, 0.3) is 0 Å². The third kappa shape index (κ3) is 1.88. The summed E-state index contributed by atoms with van der Waals surface area (Å²) in [5.41, 5.74) is 0.518. The predicted octanol–water partition coefficient (Wildman–Crippen LogP) is 2.59. The molecular formula is C14H24F2N2. The van der Waals surface area contributed by atoms with Crippen molar-refractivity contribution in [3.05, 3.63) is 0 Å². The molecule has 0 aromatic heterocycles. The Hall–Kier alpha value is -0.220. The zero-order valence-electron chi connectivity index (χ0n) is 11.8. The summed E-state index contributed by atoms with van der Waals surface area (Å²) >= 11 is 0. The van der Waals surface area contributed by atoms with Gasteiger partial charge in [0.05, 0.1) is 13.1 Å². The van der Waals surface area contributed by atoms with Gasteiger partial charge in [0.25, 0.3) is 5.92 Å². The van der Waals surface area contributed by atoms with Crippen LogP contribution in [-0.2, 0) is 0 Å². The number of alkyl halides is 2. The van der Waals surface area contributed by atoms with Gasteiger partial charge in [0.1, 0.15) is 0 Å². The number of halogens is 2. The van der Waals surface area contributed by atoms with E-state index in [4.69, 9.17) is 0 Å². The first-order valence-electron chi connectivity index (χ1n) is 7.02. The van der Waals surface area contributed by atoms with E-state index >= 15 is 0 Å². The molecule has 2 saturated heterocycles. The van der Waals surface area contributed by atoms with Gasteiger partial charge in [-0.15, -0.1) is 0 Å². The Morgan fingerprint density at radius 3 is 2.22 bits per heavy atom. The molecule has 0 N–H and O–H groups in total. The molecule has 0 spiro atoms. The van der Waals surface area contributed by atoms with Crippen LogP contribution in [-0.4, -0.2) is 53.0 Å². The Bertz CT molecular complexity index is 355. The summed E-state index contributed by atoms with van der Waals surface area (Å²) in [5, 5.41) is 0. The molecule has 3 aliphatic rings. The number of hydrogen-bond donors (Lipinski definition) is 0. The number of nitrogens with zero attached hydrogens (tertiary/aromatic N) is 2. The molecule has 0 aromatic carbocycles. The quantitative estimate of drug-likeness (QED) is 0.751. The molecule has 1 unspecified atom stereocenters. The monoisotopic (exact) mass is 258 g/mol. The molecule has 18 heavy (non-hydrogen) atoms. The maximum atomic E-state index is 12.9. The molecule has 0 radical (unpaired) electrons. The largest absolute Gasteiger partial charge is 0.292 e. The van der Waals surface area contributed by atoms with Gasteiger partial charge in [-0.1, -0.05) is 0 Å². The van der Waals surface area contributed by atoms with Crippen molar-refractivity contribution in [1.82, 2.24) is 9.80 Å². The molecule has 2 nitrogen and oxygen atoms in total. The lowest BCUT2D eigenvalue weighted by molar-refractivity contribution is -0.135. The summed E-state index contributed by atoms with van der Waals surface area (Å²) in [5.74, 6) is -2.42. The van der Waals surface area contributed by atoms with E-state index in [0.717, 1.165) is 6.54 Å². The van der Waals surface area contributed by atoms with Crippen LogP contribution in [0.2, 0.25) is 0 Å². The minimum Gasteiger partial charge on any atom is -0.292 e. The van der Waals surface area contributed by atoms with E-state index in [-0.39, 0.29) is 18.6 Å². The van der Waals surface area contributed by atoms with Gasteiger partial charge in [-0.25, -0.2) is 8.78 Å². The van der Waals surface area contributed by atoms with Crippen LogP contribution in [0.15, 0.2) is 0 Å². The van der Waals surface area contributed by atoms with Crippen LogP contribution in [0.5, 0.6) is 0 Å². The van der Waals surface area contributed by atoms with Crippen molar-refractivity contribution in [2.45, 2.75) is 64.1 Å². The third-order valence-electron chi connectivity index (χ3n) is 4.88. The average Bonchev–Trinajstić information content (AvgIpc) is 2.65. The first-order chi connectivity index (χ1) is 8.13. The second-order valence-corrected chi connectivity index (χ2v) is 7.71. The Morgan fingerprint density at radius 2 is 1.78 bits per heavy atom. The summed E-state index contributed by atoms with van der Waals surface area (Å²) in [6.07, 6.45) is 2.38. The first-order valence-corrected chi connectivity index (χ1v) is 7.02. The van der Waals surface area contributed by atoms with Crippen LogP contribution in [0.4, 0.5) is 8.78 Å². The summed E-state index contributed by atoms with van der Waals surface area (Å²) < 4.78 is 25.8. The van der Waals surface area contributed by atoms with E-state index in [9.17, 15) is 8.78 Å². The smallest absolute Gasteiger partial charge is 0.272 e. The standard InChI is InChI=1S/C14H24F2N2/c1-10-5-13(7-17-8-14(15,16)9-17)6-11(13)18(10)12(2,3)4/h10-11H,5-9H2,1-4H3/t10-,11?,13+/m1/s1. The van der Waals surface area contributed by atoms with Crippen molar-refractivity contribution in [2.75, 3.05) is 19.6 Å². The van der Waals surface area contributed by atoms with Crippen molar-refractivity contribution in [3.63, 3.8) is 0 Å². The van der Waals surface area contributed by atoms with E-state index in [2.05, 4.69) is 32.6 Å². The third-order valence-corrected chi connectivity index (χ3v) is 4.88.